The van der Waals surface area contributed by atoms with Gasteiger partial charge in [0.1, 0.15) is 0 Å². The van der Waals surface area contributed by atoms with Crippen LogP contribution in [0, 0.1) is 0 Å². The molecule has 1 amide bonds. The normalized spacial score (nSPS) is 13.4. The number of rotatable bonds is 8. The van der Waals surface area contributed by atoms with Crippen LogP contribution in [0.3, 0.4) is 0 Å². The van der Waals surface area contributed by atoms with Crippen LogP contribution in [-0.2, 0) is 21.5 Å². The molecule has 0 aliphatic carbocycles. The molecule has 0 fully saturated rings. The third-order valence-corrected chi connectivity index (χ3v) is 4.40. The molecule has 26 heavy (non-hydrogen) atoms. The van der Waals surface area contributed by atoms with Gasteiger partial charge >= 0.3 is 5.97 Å². The van der Waals surface area contributed by atoms with E-state index in [1.54, 1.807) is 31.2 Å². The van der Waals surface area contributed by atoms with Crippen LogP contribution in [0.4, 0.5) is 0 Å². The average Bonchev–Trinajstić information content (AvgIpc) is 3.08. The Kier molecular flexibility index (Phi) is 6.37. The van der Waals surface area contributed by atoms with E-state index in [2.05, 4.69) is 15.5 Å². The SMILES string of the molecule is CCC(NC(=O)CCc1nc(C(C)C)no1)(C(=O)O)c1ccc(Cl)cc1. The molecule has 1 aromatic heterocycles. The van der Waals surface area contributed by atoms with Crippen molar-refractivity contribution in [2.45, 2.75) is 51.5 Å². The smallest absolute Gasteiger partial charge is 0.334 e. The van der Waals surface area contributed by atoms with Crippen LogP contribution < -0.4 is 5.32 Å². The van der Waals surface area contributed by atoms with Crippen LogP contribution in [0.2, 0.25) is 5.02 Å². The molecule has 2 N–H and O–H groups in total. The molecule has 2 rings (SSSR count). The van der Waals surface area contributed by atoms with Gasteiger partial charge in [-0.2, -0.15) is 4.98 Å². The Morgan fingerprint density at radius 1 is 1.31 bits per heavy atom. The number of nitrogens with one attached hydrogen (secondary N) is 1. The summed E-state index contributed by atoms with van der Waals surface area (Å²) >= 11 is 5.87. The van der Waals surface area contributed by atoms with Gasteiger partial charge in [0.2, 0.25) is 11.8 Å². The zero-order valence-corrected chi connectivity index (χ0v) is 15.7. The summed E-state index contributed by atoms with van der Waals surface area (Å²) in [6.45, 7) is 5.59. The predicted molar refractivity (Wildman–Crippen MR) is 95.9 cm³/mol. The summed E-state index contributed by atoms with van der Waals surface area (Å²) in [6, 6.07) is 6.41. The molecule has 1 heterocycles. The summed E-state index contributed by atoms with van der Waals surface area (Å²) in [7, 11) is 0. The van der Waals surface area contributed by atoms with Crippen LogP contribution >= 0.6 is 11.6 Å². The lowest BCUT2D eigenvalue weighted by atomic mass is 9.87. The number of carbonyl (C=O) groups excluding carboxylic acids is 1. The van der Waals surface area contributed by atoms with Gasteiger partial charge in [-0.1, -0.05) is 49.7 Å². The van der Waals surface area contributed by atoms with Gasteiger partial charge in [0.25, 0.3) is 0 Å². The molecule has 2 aromatic rings. The summed E-state index contributed by atoms with van der Waals surface area (Å²) in [6.07, 6.45) is 0.474. The molecular weight excluding hydrogens is 358 g/mol. The number of hydrogen-bond acceptors (Lipinski definition) is 5. The minimum Gasteiger partial charge on any atom is -0.479 e. The van der Waals surface area contributed by atoms with Gasteiger partial charge in [-0.15, -0.1) is 0 Å². The maximum atomic E-state index is 12.4. The van der Waals surface area contributed by atoms with E-state index >= 15 is 0 Å². The first kappa shape index (κ1) is 19.9. The Labute approximate surface area is 156 Å². The zero-order valence-electron chi connectivity index (χ0n) is 15.0. The van der Waals surface area contributed by atoms with Gasteiger partial charge in [0.05, 0.1) is 0 Å². The Balaban J connectivity index is 2.11. The topological polar surface area (TPSA) is 105 Å². The van der Waals surface area contributed by atoms with E-state index < -0.39 is 17.4 Å². The standard InChI is InChI=1S/C18H22ClN3O4/c1-4-18(17(24)25,12-5-7-13(19)8-6-12)21-14(23)9-10-15-20-16(11(2)3)22-26-15/h5-8,11H,4,9-10H2,1-3H3,(H,21,23)(H,24,25). The first-order chi connectivity index (χ1) is 12.3. The van der Waals surface area contributed by atoms with Crippen molar-refractivity contribution in [3.63, 3.8) is 0 Å². The molecule has 0 saturated heterocycles. The quantitative estimate of drug-likeness (QED) is 0.729. The third-order valence-electron chi connectivity index (χ3n) is 4.15. The van der Waals surface area contributed by atoms with E-state index in [-0.39, 0.29) is 25.2 Å². The Morgan fingerprint density at radius 3 is 2.46 bits per heavy atom. The summed E-state index contributed by atoms with van der Waals surface area (Å²) < 4.78 is 5.11. The van der Waals surface area contributed by atoms with Gasteiger partial charge in [0.15, 0.2) is 11.4 Å². The minimum atomic E-state index is -1.51. The highest BCUT2D eigenvalue weighted by atomic mass is 35.5. The van der Waals surface area contributed by atoms with Gasteiger partial charge in [-0.3, -0.25) is 4.79 Å². The van der Waals surface area contributed by atoms with E-state index in [9.17, 15) is 14.7 Å². The van der Waals surface area contributed by atoms with Crippen molar-refractivity contribution in [1.82, 2.24) is 15.5 Å². The monoisotopic (exact) mass is 379 g/mol. The Morgan fingerprint density at radius 2 is 1.96 bits per heavy atom. The van der Waals surface area contributed by atoms with E-state index in [1.165, 1.54) is 0 Å². The maximum absolute atomic E-state index is 12.4. The lowest BCUT2D eigenvalue weighted by Crippen LogP contribution is -2.51. The molecule has 7 nitrogen and oxygen atoms in total. The van der Waals surface area contributed by atoms with Crippen LogP contribution in [0.25, 0.3) is 0 Å². The molecule has 0 radical (unpaired) electrons. The number of aliphatic carboxylic acids is 1. The number of benzene rings is 1. The molecule has 0 spiro atoms. The number of halogens is 1. The van der Waals surface area contributed by atoms with Gasteiger partial charge in [-0.05, 0) is 24.1 Å². The van der Waals surface area contributed by atoms with Crippen molar-refractivity contribution >= 4 is 23.5 Å². The third kappa shape index (κ3) is 4.40. The largest absolute Gasteiger partial charge is 0.479 e. The molecule has 1 atom stereocenters. The number of carboxylic acids is 1. The van der Waals surface area contributed by atoms with Crippen LogP contribution in [-0.4, -0.2) is 27.1 Å². The second-order valence-corrected chi connectivity index (χ2v) is 6.76. The second kappa shape index (κ2) is 8.31. The van der Waals surface area contributed by atoms with E-state index in [4.69, 9.17) is 16.1 Å². The van der Waals surface area contributed by atoms with E-state index in [0.717, 1.165) is 0 Å². The number of aromatic nitrogens is 2. The van der Waals surface area contributed by atoms with Crippen LogP contribution in [0.5, 0.6) is 0 Å². The zero-order chi connectivity index (χ0) is 19.3. The number of hydrogen-bond donors (Lipinski definition) is 2. The van der Waals surface area contributed by atoms with Crippen LogP contribution in [0.1, 0.15) is 56.8 Å². The molecule has 8 heteroatoms. The summed E-state index contributed by atoms with van der Waals surface area (Å²) in [4.78, 5) is 28.5. The molecule has 0 aliphatic heterocycles. The number of aryl methyl sites for hydroxylation is 1. The second-order valence-electron chi connectivity index (χ2n) is 6.32. The van der Waals surface area contributed by atoms with Crippen molar-refractivity contribution < 1.29 is 19.2 Å². The Bertz CT molecular complexity index is 773. The van der Waals surface area contributed by atoms with Gasteiger partial charge in [0, 0.05) is 23.8 Å². The number of amides is 1. The van der Waals surface area contributed by atoms with Crippen LogP contribution in [0.15, 0.2) is 28.8 Å². The number of carboxylic acid groups (broad SMARTS) is 1. The van der Waals surface area contributed by atoms with Crippen molar-refractivity contribution in [3.05, 3.63) is 46.6 Å². The molecule has 0 aliphatic rings. The lowest BCUT2D eigenvalue weighted by molar-refractivity contribution is -0.148. The van der Waals surface area contributed by atoms with Crippen molar-refractivity contribution in [3.8, 4) is 0 Å². The van der Waals surface area contributed by atoms with Crippen molar-refractivity contribution in [1.29, 1.82) is 0 Å². The van der Waals surface area contributed by atoms with Gasteiger partial charge < -0.3 is 14.9 Å². The molecular formula is C18H22ClN3O4. The summed E-state index contributed by atoms with van der Waals surface area (Å²) in [5, 5.41) is 16.7. The first-order valence-corrected chi connectivity index (χ1v) is 8.79. The van der Waals surface area contributed by atoms with Crippen molar-refractivity contribution in [2.75, 3.05) is 0 Å². The first-order valence-electron chi connectivity index (χ1n) is 8.41. The lowest BCUT2D eigenvalue weighted by Gasteiger charge is -2.30. The van der Waals surface area contributed by atoms with Gasteiger partial charge in [-0.25, -0.2) is 4.79 Å². The fraction of sp³-hybridized carbons (Fsp3) is 0.444. The molecule has 0 bridgehead atoms. The predicted octanol–water partition coefficient (Wildman–Crippen LogP) is 3.29. The minimum absolute atomic E-state index is 0.0440. The Hall–Kier alpha value is -2.41. The maximum Gasteiger partial charge on any atom is 0.334 e. The van der Waals surface area contributed by atoms with E-state index in [1.807, 2.05) is 13.8 Å². The van der Waals surface area contributed by atoms with E-state index in [0.29, 0.717) is 22.3 Å². The highest BCUT2D eigenvalue weighted by Gasteiger charge is 2.40. The average molecular weight is 380 g/mol. The summed E-state index contributed by atoms with van der Waals surface area (Å²) in [5.41, 5.74) is -1.05. The summed E-state index contributed by atoms with van der Waals surface area (Å²) in [5.74, 6) is -0.474. The highest BCUT2D eigenvalue weighted by Crippen LogP contribution is 2.27. The fourth-order valence-electron chi connectivity index (χ4n) is 2.55. The number of carbonyl (C=O) groups is 2. The molecule has 1 aromatic carbocycles. The van der Waals surface area contributed by atoms with Crippen molar-refractivity contribution in [2.24, 2.45) is 0 Å². The molecule has 140 valence electrons. The fourth-order valence-corrected chi connectivity index (χ4v) is 2.68. The number of nitrogens with zero attached hydrogens (tertiary/aromatic N) is 2. The molecule has 0 saturated carbocycles. The molecule has 1 unspecified atom stereocenters. The highest BCUT2D eigenvalue weighted by molar-refractivity contribution is 6.30.